The van der Waals surface area contributed by atoms with Crippen LogP contribution in [0.25, 0.3) is 4.85 Å². The number of rotatable bonds is 2. The summed E-state index contributed by atoms with van der Waals surface area (Å²) in [7, 11) is 0. The van der Waals surface area contributed by atoms with E-state index < -0.39 is 0 Å². The molecule has 0 fully saturated rings. The molecule has 0 aromatic heterocycles. The van der Waals surface area contributed by atoms with Gasteiger partial charge in [-0.15, -0.1) is 0 Å². The highest BCUT2D eigenvalue weighted by atomic mass is 14.7. The van der Waals surface area contributed by atoms with Crippen LogP contribution in [0.1, 0.15) is 20.3 Å². The second-order valence-corrected chi connectivity index (χ2v) is 2.30. The summed E-state index contributed by atoms with van der Waals surface area (Å²) in [4.78, 5) is 3.30. The maximum Gasteiger partial charge on any atom is 0.238 e. The van der Waals surface area contributed by atoms with Gasteiger partial charge in [-0.05, 0) is 0 Å². The van der Waals surface area contributed by atoms with Gasteiger partial charge in [-0.3, -0.25) is 0 Å². The van der Waals surface area contributed by atoms with Crippen molar-refractivity contribution >= 4 is 0 Å². The molecular weight excluding hydrogens is 112 g/mol. The predicted octanol–water partition coefficient (Wildman–Crippen LogP) is 1.84. The van der Waals surface area contributed by atoms with Crippen LogP contribution in [0.3, 0.4) is 0 Å². The molecule has 9 heavy (non-hydrogen) atoms. The zero-order chi connectivity index (χ0) is 7.28. The van der Waals surface area contributed by atoms with Gasteiger partial charge in [0.25, 0.3) is 0 Å². The fourth-order valence-corrected chi connectivity index (χ4v) is 0.524. The van der Waals surface area contributed by atoms with E-state index in [9.17, 15) is 0 Å². The molecule has 0 aliphatic carbocycles. The van der Waals surface area contributed by atoms with Crippen LogP contribution in [-0.2, 0) is 0 Å². The second kappa shape index (κ2) is 3.92. The van der Waals surface area contributed by atoms with E-state index in [0.29, 0.717) is 12.3 Å². The number of hydrogen-bond donors (Lipinski definition) is 0. The summed E-state index contributed by atoms with van der Waals surface area (Å²) in [5.74, 6) is 0.308. The molecule has 2 heteroatoms. The van der Waals surface area contributed by atoms with Crippen molar-refractivity contribution in [3.05, 3.63) is 11.4 Å². The zero-order valence-corrected chi connectivity index (χ0v) is 5.76. The van der Waals surface area contributed by atoms with Gasteiger partial charge in [-0.25, -0.2) is 6.57 Å². The molecule has 0 N–H and O–H groups in total. The molecule has 0 aliphatic heterocycles. The molecule has 1 unspecified atom stereocenters. The Morgan fingerprint density at radius 1 is 1.67 bits per heavy atom. The van der Waals surface area contributed by atoms with Crippen LogP contribution in [0.5, 0.6) is 0 Å². The predicted molar refractivity (Wildman–Crippen MR) is 35.5 cm³/mol. The van der Waals surface area contributed by atoms with Gasteiger partial charge in [0.2, 0.25) is 6.04 Å². The van der Waals surface area contributed by atoms with Crippen molar-refractivity contribution in [2.75, 3.05) is 0 Å². The van der Waals surface area contributed by atoms with Crippen LogP contribution in [0, 0.1) is 23.8 Å². The van der Waals surface area contributed by atoms with Gasteiger partial charge in [0, 0.05) is 5.92 Å². The Morgan fingerprint density at radius 2 is 2.22 bits per heavy atom. The third-order valence-electron chi connectivity index (χ3n) is 1.24. The lowest BCUT2D eigenvalue weighted by atomic mass is 10.0. The van der Waals surface area contributed by atoms with Gasteiger partial charge in [0.15, 0.2) is 0 Å². The van der Waals surface area contributed by atoms with Crippen molar-refractivity contribution < 1.29 is 0 Å². The van der Waals surface area contributed by atoms with E-state index in [-0.39, 0.29) is 6.04 Å². The Hall–Kier alpha value is -1.02. The van der Waals surface area contributed by atoms with Crippen molar-refractivity contribution in [1.29, 1.82) is 5.26 Å². The molecule has 2 nitrogen and oxygen atoms in total. The maximum atomic E-state index is 8.22. The summed E-state index contributed by atoms with van der Waals surface area (Å²) in [6, 6.07) is 1.88. The lowest BCUT2D eigenvalue weighted by molar-refractivity contribution is 0.559. The largest absolute Gasteiger partial charge is 0.312 e. The van der Waals surface area contributed by atoms with E-state index in [2.05, 4.69) is 4.85 Å². The minimum atomic E-state index is -0.102. The monoisotopic (exact) mass is 122 g/mol. The van der Waals surface area contributed by atoms with Crippen LogP contribution in [0.2, 0.25) is 0 Å². The summed E-state index contributed by atoms with van der Waals surface area (Å²) in [5, 5.41) is 8.22. The summed E-state index contributed by atoms with van der Waals surface area (Å²) >= 11 is 0. The molecule has 0 heterocycles. The summed E-state index contributed by atoms with van der Waals surface area (Å²) in [6.45, 7) is 10.6. The molecule has 0 spiro atoms. The first kappa shape index (κ1) is 7.98. The molecule has 0 amide bonds. The van der Waals surface area contributed by atoms with Gasteiger partial charge < -0.3 is 4.85 Å². The van der Waals surface area contributed by atoms with Crippen molar-refractivity contribution in [2.45, 2.75) is 26.3 Å². The Labute approximate surface area is 55.9 Å². The highest BCUT2D eigenvalue weighted by Gasteiger charge is 2.15. The van der Waals surface area contributed by atoms with E-state index in [1.54, 1.807) is 0 Å². The van der Waals surface area contributed by atoms with E-state index in [4.69, 9.17) is 11.8 Å². The van der Waals surface area contributed by atoms with E-state index >= 15 is 0 Å². The summed E-state index contributed by atoms with van der Waals surface area (Å²) < 4.78 is 0. The van der Waals surface area contributed by atoms with Gasteiger partial charge in [-0.1, -0.05) is 13.8 Å². The highest BCUT2D eigenvalue weighted by Crippen LogP contribution is 2.08. The molecule has 0 rings (SSSR count). The maximum absolute atomic E-state index is 8.22. The van der Waals surface area contributed by atoms with E-state index in [1.807, 2.05) is 19.9 Å². The second-order valence-electron chi connectivity index (χ2n) is 2.30. The first-order valence-corrected chi connectivity index (χ1v) is 2.96. The first-order valence-electron chi connectivity index (χ1n) is 2.96. The lowest BCUT2D eigenvalue weighted by Crippen LogP contribution is -2.08. The number of nitriles is 1. The van der Waals surface area contributed by atoms with Crippen LogP contribution in [0.4, 0.5) is 0 Å². The van der Waals surface area contributed by atoms with Gasteiger partial charge in [0.05, 0.1) is 6.07 Å². The lowest BCUT2D eigenvalue weighted by Gasteiger charge is -2.02. The normalized spacial score (nSPS) is 12.1. The standard InChI is InChI=1S/C7H10N2/c1-6(2)7(9-3)4-5-8/h6-7H,4H2,1-2H3. The fourth-order valence-electron chi connectivity index (χ4n) is 0.524. The Balaban J connectivity index is 3.76. The fraction of sp³-hybridized carbons (Fsp3) is 0.714. The molecule has 0 saturated carbocycles. The average molecular weight is 122 g/mol. The van der Waals surface area contributed by atoms with Crippen molar-refractivity contribution in [1.82, 2.24) is 0 Å². The average Bonchev–Trinajstić information content (AvgIpc) is 1.82. The molecule has 1 atom stereocenters. The number of nitrogens with zero attached hydrogens (tertiary/aromatic N) is 2. The molecule has 0 aliphatic rings. The van der Waals surface area contributed by atoms with Crippen molar-refractivity contribution in [2.24, 2.45) is 5.92 Å². The summed E-state index contributed by atoms with van der Waals surface area (Å²) in [5.41, 5.74) is 0. The third kappa shape index (κ3) is 2.72. The Bertz CT molecular complexity index is 147. The molecule has 0 saturated heterocycles. The Morgan fingerprint density at radius 3 is 2.33 bits per heavy atom. The zero-order valence-electron chi connectivity index (χ0n) is 5.76. The molecule has 48 valence electrons. The van der Waals surface area contributed by atoms with Crippen LogP contribution < -0.4 is 0 Å². The van der Waals surface area contributed by atoms with Gasteiger partial charge in [-0.2, -0.15) is 5.26 Å². The first-order chi connectivity index (χ1) is 4.22. The van der Waals surface area contributed by atoms with Crippen LogP contribution in [0.15, 0.2) is 0 Å². The van der Waals surface area contributed by atoms with E-state index in [1.165, 1.54) is 0 Å². The quantitative estimate of drug-likeness (QED) is 0.513. The number of hydrogen-bond acceptors (Lipinski definition) is 1. The van der Waals surface area contributed by atoms with Gasteiger partial charge >= 0.3 is 0 Å². The van der Waals surface area contributed by atoms with Crippen molar-refractivity contribution in [3.63, 3.8) is 0 Å². The smallest absolute Gasteiger partial charge is 0.238 e. The van der Waals surface area contributed by atoms with E-state index in [0.717, 1.165) is 0 Å². The minimum Gasteiger partial charge on any atom is -0.312 e. The van der Waals surface area contributed by atoms with Crippen LogP contribution >= 0.6 is 0 Å². The molecule has 0 bridgehead atoms. The SMILES string of the molecule is [C-]#[N+]C(CC#N)C(C)C. The molecule has 0 radical (unpaired) electrons. The van der Waals surface area contributed by atoms with Crippen LogP contribution in [-0.4, -0.2) is 6.04 Å². The van der Waals surface area contributed by atoms with Crippen molar-refractivity contribution in [3.8, 4) is 6.07 Å². The topological polar surface area (TPSA) is 28.1 Å². The highest BCUT2D eigenvalue weighted by molar-refractivity contribution is 4.89. The third-order valence-corrected chi connectivity index (χ3v) is 1.24. The van der Waals surface area contributed by atoms with Gasteiger partial charge in [0.1, 0.15) is 6.42 Å². The molecule has 0 aromatic carbocycles. The molecule has 0 aromatic rings. The molecular formula is C7H10N2. The Kier molecular flexibility index (Phi) is 3.48. The minimum absolute atomic E-state index is 0.102. The summed E-state index contributed by atoms with van der Waals surface area (Å²) in [6.07, 6.45) is 0.362.